The maximum absolute atomic E-state index is 11.9. The first kappa shape index (κ1) is 40.4. The van der Waals surface area contributed by atoms with Crippen LogP contribution in [0.2, 0.25) is 0 Å². The summed E-state index contributed by atoms with van der Waals surface area (Å²) in [5, 5.41) is 0. The average molecular weight is 585 g/mol. The lowest BCUT2D eigenvalue weighted by Gasteiger charge is -2.07. The summed E-state index contributed by atoms with van der Waals surface area (Å²) in [6.07, 6.45) is 30.5. The highest BCUT2D eigenvalue weighted by molar-refractivity contribution is 5.69. The van der Waals surface area contributed by atoms with Crippen LogP contribution in [0.15, 0.2) is 0 Å². The Morgan fingerprint density at radius 2 is 0.805 bits per heavy atom. The van der Waals surface area contributed by atoms with E-state index < -0.39 is 0 Å². The lowest BCUT2D eigenvalue weighted by Crippen LogP contribution is -2.11. The summed E-state index contributed by atoms with van der Waals surface area (Å²) in [5.74, 6) is 0.765. The molecule has 0 radical (unpaired) electrons. The first-order chi connectivity index (χ1) is 20.2. The Morgan fingerprint density at radius 3 is 1.27 bits per heavy atom. The maximum Gasteiger partial charge on any atom is 0.305 e. The first-order valence-corrected chi connectivity index (χ1v) is 18.1. The molecule has 0 aliphatic carbocycles. The highest BCUT2D eigenvalue weighted by Crippen LogP contribution is 2.14. The fourth-order valence-corrected chi connectivity index (χ4v) is 5.06. The molecule has 0 rings (SSSR count). The molecule has 0 amide bonds. The molecule has 41 heavy (non-hydrogen) atoms. The van der Waals surface area contributed by atoms with Crippen LogP contribution < -0.4 is 0 Å². The van der Waals surface area contributed by atoms with Gasteiger partial charge >= 0.3 is 5.97 Å². The molecule has 246 valence electrons. The fourth-order valence-electron chi connectivity index (χ4n) is 5.06. The van der Waals surface area contributed by atoms with E-state index in [4.69, 9.17) is 18.9 Å². The minimum absolute atomic E-state index is 0.0987. The minimum Gasteiger partial charge on any atom is -0.466 e. The topological polar surface area (TPSA) is 54.0 Å². The second kappa shape index (κ2) is 35.5. The van der Waals surface area contributed by atoms with E-state index in [1.807, 2.05) is 0 Å². The molecule has 0 aliphatic rings. The van der Waals surface area contributed by atoms with Gasteiger partial charge in [-0.2, -0.15) is 0 Å². The van der Waals surface area contributed by atoms with E-state index in [0.717, 1.165) is 31.8 Å². The van der Waals surface area contributed by atoms with Crippen LogP contribution in [-0.2, 0) is 23.7 Å². The third-order valence-electron chi connectivity index (χ3n) is 7.74. The summed E-state index contributed by atoms with van der Waals surface area (Å²) in [5.41, 5.74) is 0. The summed E-state index contributed by atoms with van der Waals surface area (Å²) in [6.45, 7) is 11.3. The van der Waals surface area contributed by atoms with Crippen molar-refractivity contribution in [3.05, 3.63) is 0 Å². The van der Waals surface area contributed by atoms with Crippen molar-refractivity contribution in [1.82, 2.24) is 0 Å². The zero-order valence-corrected chi connectivity index (χ0v) is 28.0. The highest BCUT2D eigenvalue weighted by Gasteiger charge is 2.03. The molecule has 0 saturated heterocycles. The third kappa shape index (κ3) is 37.3. The molecule has 0 heterocycles. The summed E-state index contributed by atoms with van der Waals surface area (Å²) in [7, 11) is 0. The van der Waals surface area contributed by atoms with Crippen LogP contribution in [0.3, 0.4) is 0 Å². The van der Waals surface area contributed by atoms with Crippen LogP contribution in [0, 0.1) is 5.92 Å². The van der Waals surface area contributed by atoms with Crippen molar-refractivity contribution >= 4 is 5.97 Å². The van der Waals surface area contributed by atoms with Gasteiger partial charge in [0.05, 0.1) is 33.0 Å². The second-order valence-corrected chi connectivity index (χ2v) is 12.4. The van der Waals surface area contributed by atoms with Crippen LogP contribution in [-0.4, -0.2) is 52.2 Å². The highest BCUT2D eigenvalue weighted by atomic mass is 16.5. The van der Waals surface area contributed by atoms with Gasteiger partial charge in [0.25, 0.3) is 0 Å². The number of carbonyl (C=O) groups is 1. The SMILES string of the molecule is CCCCCCCCCCOCCOCCOCCCC(=O)OCCCCCCCCCCCCCCCC(C)C. The van der Waals surface area contributed by atoms with E-state index in [1.54, 1.807) is 0 Å². The van der Waals surface area contributed by atoms with Gasteiger partial charge < -0.3 is 18.9 Å². The van der Waals surface area contributed by atoms with Crippen molar-refractivity contribution in [3.8, 4) is 0 Å². The largest absolute Gasteiger partial charge is 0.466 e. The van der Waals surface area contributed by atoms with Gasteiger partial charge in [0, 0.05) is 19.6 Å². The molecular formula is C36H72O5. The molecule has 0 spiro atoms. The van der Waals surface area contributed by atoms with Crippen LogP contribution in [0.4, 0.5) is 0 Å². The van der Waals surface area contributed by atoms with E-state index in [1.165, 1.54) is 122 Å². The normalized spacial score (nSPS) is 11.5. The van der Waals surface area contributed by atoms with Crippen LogP contribution in [0.1, 0.15) is 175 Å². The van der Waals surface area contributed by atoms with Crippen LogP contribution in [0.25, 0.3) is 0 Å². The second-order valence-electron chi connectivity index (χ2n) is 12.4. The molecule has 0 aromatic heterocycles. The number of unbranched alkanes of at least 4 members (excludes halogenated alkanes) is 19. The Balaban J connectivity index is 3.15. The number of hydrogen-bond donors (Lipinski definition) is 0. The molecule has 0 bridgehead atoms. The Bertz CT molecular complexity index is 496. The Labute approximate surface area is 256 Å². The zero-order valence-electron chi connectivity index (χ0n) is 28.0. The monoisotopic (exact) mass is 585 g/mol. The molecule has 5 heteroatoms. The molecule has 0 aromatic carbocycles. The summed E-state index contributed by atoms with van der Waals surface area (Å²) >= 11 is 0. The van der Waals surface area contributed by atoms with Gasteiger partial charge in [-0.1, -0.05) is 149 Å². The summed E-state index contributed by atoms with van der Waals surface area (Å²) in [4.78, 5) is 11.9. The number of hydrogen-bond acceptors (Lipinski definition) is 5. The number of rotatable bonds is 35. The fraction of sp³-hybridized carbons (Fsp3) is 0.972. The van der Waals surface area contributed by atoms with Gasteiger partial charge in [-0.3, -0.25) is 4.79 Å². The number of carbonyl (C=O) groups excluding carboxylic acids is 1. The van der Waals surface area contributed by atoms with Gasteiger partial charge in [0.1, 0.15) is 0 Å². The number of esters is 1. The Kier molecular flexibility index (Phi) is 35.0. The molecule has 0 aliphatic heterocycles. The van der Waals surface area contributed by atoms with Gasteiger partial charge in [0.15, 0.2) is 0 Å². The smallest absolute Gasteiger partial charge is 0.305 e. The predicted octanol–water partition coefficient (Wildman–Crippen LogP) is 10.6. The molecule has 5 nitrogen and oxygen atoms in total. The molecule has 0 saturated carbocycles. The Morgan fingerprint density at radius 1 is 0.439 bits per heavy atom. The molecule has 0 fully saturated rings. The predicted molar refractivity (Wildman–Crippen MR) is 175 cm³/mol. The third-order valence-corrected chi connectivity index (χ3v) is 7.74. The summed E-state index contributed by atoms with van der Waals surface area (Å²) in [6, 6.07) is 0. The molecule has 0 unspecified atom stereocenters. The Hall–Kier alpha value is -0.650. The van der Waals surface area contributed by atoms with Gasteiger partial charge in [-0.25, -0.2) is 0 Å². The maximum atomic E-state index is 11.9. The molecular weight excluding hydrogens is 512 g/mol. The van der Waals surface area contributed by atoms with Crippen molar-refractivity contribution in [1.29, 1.82) is 0 Å². The van der Waals surface area contributed by atoms with Gasteiger partial charge in [-0.05, 0) is 25.2 Å². The van der Waals surface area contributed by atoms with Crippen molar-refractivity contribution in [2.75, 3.05) is 46.2 Å². The van der Waals surface area contributed by atoms with Crippen LogP contribution >= 0.6 is 0 Å². The van der Waals surface area contributed by atoms with E-state index in [-0.39, 0.29) is 5.97 Å². The summed E-state index contributed by atoms with van der Waals surface area (Å²) < 4.78 is 22.1. The van der Waals surface area contributed by atoms with Gasteiger partial charge in [0.2, 0.25) is 0 Å². The van der Waals surface area contributed by atoms with E-state index in [2.05, 4.69) is 20.8 Å². The van der Waals surface area contributed by atoms with Gasteiger partial charge in [-0.15, -0.1) is 0 Å². The lowest BCUT2D eigenvalue weighted by atomic mass is 10.0. The first-order valence-electron chi connectivity index (χ1n) is 18.1. The average Bonchev–Trinajstić information content (AvgIpc) is 2.96. The van der Waals surface area contributed by atoms with Crippen molar-refractivity contribution in [3.63, 3.8) is 0 Å². The molecule has 0 atom stereocenters. The molecule has 0 N–H and O–H groups in total. The zero-order chi connectivity index (χ0) is 29.9. The van der Waals surface area contributed by atoms with E-state index in [0.29, 0.717) is 52.5 Å². The van der Waals surface area contributed by atoms with Crippen molar-refractivity contribution in [2.24, 2.45) is 5.92 Å². The quantitative estimate of drug-likeness (QED) is 0.0548. The minimum atomic E-state index is -0.0987. The van der Waals surface area contributed by atoms with E-state index in [9.17, 15) is 4.79 Å². The van der Waals surface area contributed by atoms with E-state index >= 15 is 0 Å². The lowest BCUT2D eigenvalue weighted by molar-refractivity contribution is -0.144. The van der Waals surface area contributed by atoms with Crippen LogP contribution in [0.5, 0.6) is 0 Å². The standard InChI is InChI=1S/C36H72O5/c1-4-5-6-7-8-17-20-23-28-38-31-33-40-34-32-39-29-25-27-36(37)41-30-24-21-18-15-13-11-9-10-12-14-16-19-22-26-35(2)3/h35H,4-34H2,1-3H3. The number of ether oxygens (including phenoxy) is 4. The van der Waals surface area contributed by atoms with Crippen molar-refractivity contribution in [2.45, 2.75) is 175 Å². The molecule has 0 aromatic rings. The van der Waals surface area contributed by atoms with Crippen molar-refractivity contribution < 1.29 is 23.7 Å².